The number of aliphatic hydroxyl groups excluding tert-OH is 1. The Hall–Kier alpha value is -2.98. The molecule has 17 nitrogen and oxygen atoms in total. The summed E-state index contributed by atoms with van der Waals surface area (Å²) in [6, 6.07) is 0. The molecule has 0 bridgehead atoms. The quantitative estimate of drug-likeness (QED) is 0.0169. The third-order valence-corrected chi connectivity index (χ3v) is 20.2. The Morgan fingerprint density at radius 1 is 0.284 bits per heavy atom. The molecular weight excluding hydrogens is 1330 g/mol. The summed E-state index contributed by atoms with van der Waals surface area (Å²) < 4.78 is 68.7. The largest absolute Gasteiger partial charge is 0.472 e. The number of carbonyl (C=O) groups excluding carboxylic acids is 4. The topological polar surface area (TPSA) is 237 Å². The van der Waals surface area contributed by atoms with Gasteiger partial charge in [-0.2, -0.15) is 0 Å². The number of rotatable bonds is 80. The Labute approximate surface area is 623 Å². The van der Waals surface area contributed by atoms with E-state index in [1.165, 1.54) is 186 Å². The van der Waals surface area contributed by atoms with Crippen LogP contribution in [0.1, 0.15) is 400 Å². The Morgan fingerprint density at radius 2 is 0.510 bits per heavy atom. The van der Waals surface area contributed by atoms with Crippen LogP contribution in [0.3, 0.4) is 0 Å². The zero-order valence-electron chi connectivity index (χ0n) is 65.6. The van der Waals surface area contributed by atoms with Gasteiger partial charge >= 0.3 is 39.5 Å². The van der Waals surface area contributed by atoms with Gasteiger partial charge in [0, 0.05) is 25.7 Å². The van der Waals surface area contributed by atoms with Gasteiger partial charge in [0.05, 0.1) is 26.4 Å². The molecule has 0 heterocycles. The van der Waals surface area contributed by atoms with E-state index in [-0.39, 0.29) is 25.7 Å². The minimum Gasteiger partial charge on any atom is -0.462 e. The van der Waals surface area contributed by atoms with Crippen LogP contribution >= 0.6 is 15.6 Å². The Balaban J connectivity index is 5.30. The molecule has 102 heavy (non-hydrogen) atoms. The number of phosphoric ester groups is 2. The van der Waals surface area contributed by atoms with Crippen LogP contribution in [0, 0.1) is 0 Å². The average molecular weight is 1490 g/mol. The predicted molar refractivity (Wildman–Crippen MR) is 418 cm³/mol. The van der Waals surface area contributed by atoms with Gasteiger partial charge in [0.25, 0.3) is 0 Å². The summed E-state index contributed by atoms with van der Waals surface area (Å²) in [6.07, 6.45) is 75.0. The van der Waals surface area contributed by atoms with Crippen molar-refractivity contribution < 1.29 is 80.2 Å². The molecule has 0 amide bonds. The Morgan fingerprint density at radius 3 is 0.784 bits per heavy atom. The molecule has 5 unspecified atom stereocenters. The first-order chi connectivity index (χ1) is 49.7. The van der Waals surface area contributed by atoms with E-state index in [9.17, 15) is 43.2 Å². The van der Waals surface area contributed by atoms with Crippen LogP contribution in [0.2, 0.25) is 0 Å². The molecule has 0 aromatic carbocycles. The molecule has 0 aliphatic rings. The molecule has 598 valence electrons. The van der Waals surface area contributed by atoms with E-state index < -0.39 is 97.5 Å². The van der Waals surface area contributed by atoms with Crippen LogP contribution in [0.25, 0.3) is 0 Å². The van der Waals surface area contributed by atoms with Crippen molar-refractivity contribution in [2.45, 2.75) is 418 Å². The number of phosphoric acid groups is 2. The van der Waals surface area contributed by atoms with Crippen LogP contribution < -0.4 is 0 Å². The van der Waals surface area contributed by atoms with Crippen molar-refractivity contribution in [3.05, 3.63) is 48.6 Å². The summed E-state index contributed by atoms with van der Waals surface area (Å²) in [5.74, 6) is -2.14. The second-order valence-electron chi connectivity index (χ2n) is 28.4. The molecule has 3 N–H and O–H groups in total. The van der Waals surface area contributed by atoms with Crippen molar-refractivity contribution in [2.75, 3.05) is 39.6 Å². The minimum atomic E-state index is -4.97. The highest BCUT2D eigenvalue weighted by atomic mass is 31.2. The van der Waals surface area contributed by atoms with Gasteiger partial charge in [0.15, 0.2) is 12.2 Å². The number of ether oxygens (including phenoxy) is 4. The molecule has 0 radical (unpaired) electrons. The normalized spacial score (nSPS) is 14.1. The molecule has 0 saturated carbocycles. The van der Waals surface area contributed by atoms with Crippen LogP contribution in [0.4, 0.5) is 0 Å². The van der Waals surface area contributed by atoms with Gasteiger partial charge in [-0.3, -0.25) is 37.3 Å². The summed E-state index contributed by atoms with van der Waals surface area (Å²) in [4.78, 5) is 73.1. The number of esters is 4. The van der Waals surface area contributed by atoms with E-state index >= 15 is 0 Å². The number of carbonyl (C=O) groups is 4. The Kier molecular flexibility index (Phi) is 74.0. The van der Waals surface area contributed by atoms with Crippen molar-refractivity contribution in [3.63, 3.8) is 0 Å². The third kappa shape index (κ3) is 75.3. The highest BCUT2D eigenvalue weighted by molar-refractivity contribution is 7.47. The maximum absolute atomic E-state index is 13.1. The maximum atomic E-state index is 13.1. The lowest BCUT2D eigenvalue weighted by Crippen LogP contribution is -2.30. The zero-order chi connectivity index (χ0) is 74.6. The molecule has 0 saturated heterocycles. The molecular formula is C83H154O17P2. The number of hydrogen-bond donors (Lipinski definition) is 3. The van der Waals surface area contributed by atoms with E-state index in [0.29, 0.717) is 25.7 Å². The fourth-order valence-corrected chi connectivity index (χ4v) is 13.6. The third-order valence-electron chi connectivity index (χ3n) is 18.3. The second kappa shape index (κ2) is 76.2. The summed E-state index contributed by atoms with van der Waals surface area (Å²) >= 11 is 0. The highest BCUT2D eigenvalue weighted by Gasteiger charge is 2.30. The first-order valence-electron chi connectivity index (χ1n) is 41.9. The van der Waals surface area contributed by atoms with Gasteiger partial charge in [-0.25, -0.2) is 9.13 Å². The van der Waals surface area contributed by atoms with Crippen molar-refractivity contribution in [3.8, 4) is 0 Å². The summed E-state index contributed by atoms with van der Waals surface area (Å²) in [5, 5.41) is 10.7. The molecule has 0 rings (SSSR count). The fourth-order valence-electron chi connectivity index (χ4n) is 12.0. The highest BCUT2D eigenvalue weighted by Crippen LogP contribution is 2.45. The molecule has 0 aliphatic carbocycles. The standard InChI is InChI=1S/C83H154O17P2/c1-5-9-13-17-21-25-29-33-36-37-38-39-42-45-48-52-56-60-64-68-81(86)94-74-79(100-83(88)70-66-62-58-54-50-46-41-35-31-27-23-19-15-11-7-3)76-98-102(91,92)96-72-77(84)71-95-101(89,90)97-75-78(99-82(87)69-65-61-57-53-49-43-32-28-24-20-16-12-8-4)73-93-80(85)67-63-59-55-51-47-44-40-34-30-26-22-18-14-10-6-2/h9,13,21,25,33,36,38-39,77-79,84H,5-8,10-12,14-20,22-24,26-32,34-35,37,40-76H2,1-4H3,(H,89,90)(H,91,92)/b13-9-,25-21-,36-33-,39-38-. The monoisotopic (exact) mass is 1490 g/mol. The molecule has 0 aromatic rings. The van der Waals surface area contributed by atoms with Crippen LogP contribution in [-0.4, -0.2) is 96.7 Å². The number of hydrogen-bond acceptors (Lipinski definition) is 15. The van der Waals surface area contributed by atoms with E-state index in [2.05, 4.69) is 76.3 Å². The number of allylic oxidation sites excluding steroid dienone is 8. The zero-order valence-corrected chi connectivity index (χ0v) is 67.3. The van der Waals surface area contributed by atoms with Crippen molar-refractivity contribution in [2.24, 2.45) is 0 Å². The number of aliphatic hydroxyl groups is 1. The minimum absolute atomic E-state index is 0.0997. The Bertz CT molecular complexity index is 2120. The fraction of sp³-hybridized carbons (Fsp3) is 0.855. The molecule has 0 spiro atoms. The second-order valence-corrected chi connectivity index (χ2v) is 31.3. The summed E-state index contributed by atoms with van der Waals surface area (Å²) in [5.41, 5.74) is 0. The smallest absolute Gasteiger partial charge is 0.462 e. The first kappa shape index (κ1) is 99.0. The van der Waals surface area contributed by atoms with Gasteiger partial charge < -0.3 is 33.8 Å². The van der Waals surface area contributed by atoms with Gasteiger partial charge in [0.2, 0.25) is 0 Å². The van der Waals surface area contributed by atoms with Crippen LogP contribution in [0.15, 0.2) is 48.6 Å². The van der Waals surface area contributed by atoms with Gasteiger partial charge in [0.1, 0.15) is 19.3 Å². The average Bonchev–Trinajstić information content (AvgIpc) is 0.924. The lowest BCUT2D eigenvalue weighted by molar-refractivity contribution is -0.161. The summed E-state index contributed by atoms with van der Waals surface area (Å²) in [7, 11) is -9.94. The van der Waals surface area contributed by atoms with E-state index in [4.69, 9.17) is 37.0 Å². The SMILES string of the molecule is CC/C=C\C/C=C\C/C=C\C/C=C\CCCCCCCCC(=O)OCC(COP(=O)(O)OCC(O)COP(=O)(O)OCC(COC(=O)CCCCCCCCCCCCCCCCC)OC(=O)CCCCCCCCCCCCCCC)OC(=O)CCCCCCCCCCCCCCCCC. The van der Waals surface area contributed by atoms with Crippen molar-refractivity contribution >= 4 is 39.5 Å². The van der Waals surface area contributed by atoms with Gasteiger partial charge in [-0.05, 0) is 64.2 Å². The maximum Gasteiger partial charge on any atom is 0.472 e. The molecule has 0 aliphatic heterocycles. The predicted octanol–water partition coefficient (Wildman–Crippen LogP) is 24.5. The van der Waals surface area contributed by atoms with Crippen LogP contribution in [0.5, 0.6) is 0 Å². The van der Waals surface area contributed by atoms with Gasteiger partial charge in [-0.15, -0.1) is 0 Å². The van der Waals surface area contributed by atoms with E-state index in [1.54, 1.807) is 0 Å². The van der Waals surface area contributed by atoms with Crippen molar-refractivity contribution in [1.29, 1.82) is 0 Å². The lowest BCUT2D eigenvalue weighted by Gasteiger charge is -2.21. The molecule has 19 heteroatoms. The van der Waals surface area contributed by atoms with Gasteiger partial charge in [-0.1, -0.05) is 359 Å². The van der Waals surface area contributed by atoms with Crippen molar-refractivity contribution in [1.82, 2.24) is 0 Å². The van der Waals surface area contributed by atoms with E-state index in [1.807, 2.05) is 0 Å². The van der Waals surface area contributed by atoms with E-state index in [0.717, 1.165) is 135 Å². The molecule has 0 aromatic heterocycles. The number of unbranched alkanes of at least 4 members (excludes halogenated alkanes) is 46. The first-order valence-corrected chi connectivity index (χ1v) is 44.9. The van der Waals surface area contributed by atoms with Crippen LogP contribution in [-0.2, 0) is 65.4 Å². The molecule has 0 fully saturated rings. The summed E-state index contributed by atoms with van der Waals surface area (Å²) in [6.45, 7) is 4.86. The molecule has 5 atom stereocenters. The lowest BCUT2D eigenvalue weighted by atomic mass is 10.0.